The van der Waals surface area contributed by atoms with Crippen molar-refractivity contribution in [3.05, 3.63) is 63.5 Å². The Balaban J connectivity index is 1.83. The van der Waals surface area contributed by atoms with Crippen LogP contribution in [0.3, 0.4) is 0 Å². The van der Waals surface area contributed by atoms with Crippen LogP contribution in [0.1, 0.15) is 27.7 Å². The van der Waals surface area contributed by atoms with Crippen molar-refractivity contribution >= 4 is 44.8 Å². The van der Waals surface area contributed by atoms with E-state index >= 15 is 0 Å². The van der Waals surface area contributed by atoms with Crippen molar-refractivity contribution in [2.45, 2.75) is 19.8 Å². The van der Waals surface area contributed by atoms with E-state index in [9.17, 15) is 4.79 Å². The van der Waals surface area contributed by atoms with Gasteiger partial charge in [-0.3, -0.25) is 0 Å². The molecule has 1 aliphatic carbocycles. The van der Waals surface area contributed by atoms with Gasteiger partial charge >= 0.3 is 5.97 Å². The first kappa shape index (κ1) is 20.8. The maximum atomic E-state index is 12.6. The molecule has 0 saturated heterocycles. The van der Waals surface area contributed by atoms with Crippen LogP contribution in [0.15, 0.2) is 42.5 Å². The third kappa shape index (κ3) is 3.31. The molecule has 162 valence electrons. The summed E-state index contributed by atoms with van der Waals surface area (Å²) in [4.78, 5) is 18.7. The highest BCUT2D eigenvalue weighted by Crippen LogP contribution is 2.47. The second-order valence-corrected chi connectivity index (χ2v) is 9.02. The lowest BCUT2D eigenvalue weighted by molar-refractivity contribution is 0.0533. The van der Waals surface area contributed by atoms with E-state index < -0.39 is 5.97 Å². The third-order valence-electron chi connectivity index (χ3n) is 5.78. The number of aryl methyl sites for hydroxylation is 1. The van der Waals surface area contributed by atoms with E-state index in [4.69, 9.17) is 31.8 Å². The number of methoxy groups -OCH3 is 1. The van der Waals surface area contributed by atoms with Gasteiger partial charge in [0.2, 0.25) is 0 Å². The molecule has 0 unspecified atom stereocenters. The van der Waals surface area contributed by atoms with Gasteiger partial charge in [0, 0.05) is 16.0 Å². The minimum Gasteiger partial charge on any atom is -0.497 e. The number of pyridine rings is 1. The Hall–Kier alpha value is -3.09. The average molecular weight is 465 g/mol. The number of nitrogens with zero attached hydrogens (tertiary/aromatic N) is 1. The van der Waals surface area contributed by atoms with Crippen molar-refractivity contribution in [1.82, 2.24) is 4.98 Å². The van der Waals surface area contributed by atoms with E-state index in [2.05, 4.69) is 12.1 Å². The summed E-state index contributed by atoms with van der Waals surface area (Å²) in [6.07, 6.45) is 1.67. The summed E-state index contributed by atoms with van der Waals surface area (Å²) in [5.74, 6) is 0.411. The van der Waals surface area contributed by atoms with Gasteiger partial charge < -0.3 is 15.2 Å². The largest absolute Gasteiger partial charge is 0.497 e. The number of anilines is 1. The van der Waals surface area contributed by atoms with E-state index in [0.717, 1.165) is 56.8 Å². The number of fused-ring (bicyclic) bond motifs is 4. The summed E-state index contributed by atoms with van der Waals surface area (Å²) in [5.41, 5.74) is 13.3. The number of halogens is 1. The average Bonchev–Trinajstić information content (AvgIpc) is 3.14. The first-order valence-electron chi connectivity index (χ1n) is 10.4. The standard InChI is InChI=1S/C25H21ClN2O3S/c1-3-31-25(29)23-21(27)20-19(13-4-7-15(26)8-5-13)18-10-6-14-12-16(30-2)9-11-17(14)22(18)28-24(20)32-23/h4-5,7-9,11-12H,3,6,10,27H2,1-2H3. The van der Waals surface area contributed by atoms with Crippen molar-refractivity contribution in [3.63, 3.8) is 0 Å². The van der Waals surface area contributed by atoms with Gasteiger partial charge in [0.05, 0.1) is 25.1 Å². The van der Waals surface area contributed by atoms with Crippen LogP contribution in [0.5, 0.6) is 5.75 Å². The van der Waals surface area contributed by atoms with E-state index in [-0.39, 0.29) is 6.61 Å². The predicted octanol–water partition coefficient (Wildman–Crippen LogP) is 6.15. The van der Waals surface area contributed by atoms with Crippen LogP contribution in [0.25, 0.3) is 32.6 Å². The third-order valence-corrected chi connectivity index (χ3v) is 7.11. The number of nitrogens with two attached hydrogens (primary N) is 1. The summed E-state index contributed by atoms with van der Waals surface area (Å²) in [7, 11) is 1.67. The summed E-state index contributed by atoms with van der Waals surface area (Å²) >= 11 is 7.44. The molecule has 2 N–H and O–H groups in total. The summed E-state index contributed by atoms with van der Waals surface area (Å²) in [6, 6.07) is 13.8. The van der Waals surface area contributed by atoms with Crippen LogP contribution in [0.2, 0.25) is 5.02 Å². The molecule has 7 heteroatoms. The van der Waals surface area contributed by atoms with Gasteiger partial charge in [-0.15, -0.1) is 11.3 Å². The SMILES string of the molecule is CCOC(=O)c1sc2nc3c(c(-c4ccc(Cl)cc4)c2c1N)CCc1cc(OC)ccc1-3. The van der Waals surface area contributed by atoms with Gasteiger partial charge in [-0.25, -0.2) is 9.78 Å². The smallest absolute Gasteiger partial charge is 0.350 e. The molecule has 0 amide bonds. The van der Waals surface area contributed by atoms with Crippen LogP contribution in [-0.2, 0) is 17.6 Å². The van der Waals surface area contributed by atoms with E-state index in [1.807, 2.05) is 30.3 Å². The first-order chi connectivity index (χ1) is 15.5. The van der Waals surface area contributed by atoms with Crippen LogP contribution >= 0.6 is 22.9 Å². The lowest BCUT2D eigenvalue weighted by Gasteiger charge is -2.23. The molecule has 0 bridgehead atoms. The van der Waals surface area contributed by atoms with Crippen LogP contribution in [0.4, 0.5) is 5.69 Å². The molecule has 5 nitrogen and oxygen atoms in total. The zero-order valence-electron chi connectivity index (χ0n) is 17.7. The molecule has 32 heavy (non-hydrogen) atoms. The molecule has 1 aliphatic rings. The van der Waals surface area contributed by atoms with Crippen molar-refractivity contribution in [3.8, 4) is 28.1 Å². The van der Waals surface area contributed by atoms with Crippen LogP contribution in [-0.4, -0.2) is 24.7 Å². The number of benzene rings is 2. The Morgan fingerprint density at radius 1 is 1.19 bits per heavy atom. The Kier molecular flexibility index (Phi) is 5.27. The normalized spacial score (nSPS) is 12.3. The number of carbonyl (C=O) groups is 1. The second kappa shape index (κ2) is 8.11. The molecule has 4 aromatic rings. The molecule has 2 aromatic heterocycles. The van der Waals surface area contributed by atoms with Crippen LogP contribution in [0, 0.1) is 0 Å². The van der Waals surface area contributed by atoms with Gasteiger partial charge in [0.1, 0.15) is 15.5 Å². The van der Waals surface area contributed by atoms with E-state index in [1.54, 1.807) is 14.0 Å². The number of ether oxygens (including phenoxy) is 2. The van der Waals surface area contributed by atoms with Gasteiger partial charge in [-0.05, 0) is 72.4 Å². The number of thiophene rings is 1. The predicted molar refractivity (Wildman–Crippen MR) is 130 cm³/mol. The number of rotatable bonds is 4. The molecule has 0 fully saturated rings. The highest BCUT2D eigenvalue weighted by molar-refractivity contribution is 7.21. The number of hydrogen-bond acceptors (Lipinski definition) is 6. The fourth-order valence-electron chi connectivity index (χ4n) is 4.33. The topological polar surface area (TPSA) is 74.4 Å². The summed E-state index contributed by atoms with van der Waals surface area (Å²) < 4.78 is 10.7. The fraction of sp³-hybridized carbons (Fsp3) is 0.200. The monoisotopic (exact) mass is 464 g/mol. The molecule has 2 heterocycles. The Labute approximate surface area is 194 Å². The number of hydrogen-bond donors (Lipinski definition) is 1. The second-order valence-electron chi connectivity index (χ2n) is 7.59. The van der Waals surface area contributed by atoms with Gasteiger partial charge in [0.25, 0.3) is 0 Å². The lowest BCUT2D eigenvalue weighted by atomic mass is 9.83. The molecule has 0 radical (unpaired) electrons. The van der Waals surface area contributed by atoms with Crippen LogP contribution < -0.4 is 10.5 Å². The van der Waals surface area contributed by atoms with E-state index in [1.165, 1.54) is 16.9 Å². The summed E-state index contributed by atoms with van der Waals surface area (Å²) in [5, 5.41) is 1.46. The van der Waals surface area contributed by atoms with Crippen molar-refractivity contribution < 1.29 is 14.3 Å². The molecular weight excluding hydrogens is 444 g/mol. The first-order valence-corrected chi connectivity index (χ1v) is 11.6. The number of esters is 1. The maximum absolute atomic E-state index is 12.6. The molecule has 0 saturated carbocycles. The number of carbonyl (C=O) groups excluding carboxylic acids is 1. The molecule has 0 aliphatic heterocycles. The molecular formula is C25H21ClN2O3S. The Morgan fingerprint density at radius 3 is 2.69 bits per heavy atom. The fourth-order valence-corrected chi connectivity index (χ4v) is 5.46. The highest BCUT2D eigenvalue weighted by Gasteiger charge is 2.28. The van der Waals surface area contributed by atoms with Gasteiger partial charge in [-0.1, -0.05) is 23.7 Å². The van der Waals surface area contributed by atoms with E-state index in [0.29, 0.717) is 15.6 Å². The molecule has 0 atom stereocenters. The summed E-state index contributed by atoms with van der Waals surface area (Å²) in [6.45, 7) is 2.07. The number of nitrogen functional groups attached to an aromatic ring is 1. The minimum absolute atomic E-state index is 0.287. The van der Waals surface area contributed by atoms with Crippen molar-refractivity contribution in [1.29, 1.82) is 0 Å². The maximum Gasteiger partial charge on any atom is 0.350 e. The quantitative estimate of drug-likeness (QED) is 0.366. The number of aromatic nitrogens is 1. The van der Waals surface area contributed by atoms with Crippen molar-refractivity contribution in [2.75, 3.05) is 19.5 Å². The molecule has 0 spiro atoms. The zero-order chi connectivity index (χ0) is 22.4. The molecule has 2 aromatic carbocycles. The minimum atomic E-state index is -0.418. The lowest BCUT2D eigenvalue weighted by Crippen LogP contribution is -2.09. The highest BCUT2D eigenvalue weighted by atomic mass is 35.5. The van der Waals surface area contributed by atoms with Crippen molar-refractivity contribution in [2.24, 2.45) is 0 Å². The Morgan fingerprint density at radius 2 is 1.97 bits per heavy atom. The van der Waals surface area contributed by atoms with Gasteiger partial charge in [0.15, 0.2) is 0 Å². The Bertz CT molecular complexity index is 1360. The van der Waals surface area contributed by atoms with Gasteiger partial charge in [-0.2, -0.15) is 0 Å². The molecule has 5 rings (SSSR count). The zero-order valence-corrected chi connectivity index (χ0v) is 19.3.